The van der Waals surface area contributed by atoms with E-state index in [2.05, 4.69) is 36.6 Å². The van der Waals surface area contributed by atoms with Gasteiger partial charge < -0.3 is 19.3 Å². The SMILES string of the molecule is COc1ccc(CN2C(=O)CC[C@@H]3CN(CCC4=C(C)CCCC4(C)C)CC[C@@H]32)cc1OC. The zero-order chi connectivity index (χ0) is 23.6. The van der Waals surface area contributed by atoms with Gasteiger partial charge in [-0.25, -0.2) is 0 Å². The lowest BCUT2D eigenvalue weighted by molar-refractivity contribution is -0.142. The van der Waals surface area contributed by atoms with Crippen LogP contribution >= 0.6 is 0 Å². The third-order valence-corrected chi connectivity index (χ3v) is 8.39. The number of hydrogen-bond acceptors (Lipinski definition) is 4. The van der Waals surface area contributed by atoms with Crippen molar-refractivity contribution in [3.63, 3.8) is 0 Å². The lowest BCUT2D eigenvalue weighted by atomic mass is 9.71. The van der Waals surface area contributed by atoms with E-state index < -0.39 is 0 Å². The average Bonchev–Trinajstić information content (AvgIpc) is 2.80. The van der Waals surface area contributed by atoms with E-state index in [9.17, 15) is 4.79 Å². The number of carbonyl (C=O) groups excluding carboxylic acids is 1. The lowest BCUT2D eigenvalue weighted by Gasteiger charge is -2.47. The Balaban J connectivity index is 1.39. The maximum absolute atomic E-state index is 12.9. The van der Waals surface area contributed by atoms with Crippen LogP contribution in [0.4, 0.5) is 0 Å². The van der Waals surface area contributed by atoms with E-state index in [1.54, 1.807) is 25.4 Å². The van der Waals surface area contributed by atoms with Crippen LogP contribution in [0.15, 0.2) is 29.3 Å². The molecule has 2 heterocycles. The molecule has 33 heavy (non-hydrogen) atoms. The highest BCUT2D eigenvalue weighted by Gasteiger charge is 2.39. The van der Waals surface area contributed by atoms with Crippen molar-refractivity contribution < 1.29 is 14.3 Å². The van der Waals surface area contributed by atoms with Crippen LogP contribution in [0.25, 0.3) is 0 Å². The number of piperidine rings is 2. The van der Waals surface area contributed by atoms with Crippen molar-refractivity contribution in [3.8, 4) is 11.5 Å². The van der Waals surface area contributed by atoms with Crippen LogP contribution in [0.3, 0.4) is 0 Å². The summed E-state index contributed by atoms with van der Waals surface area (Å²) in [5, 5.41) is 0. The molecular formula is C28H42N2O3. The molecule has 0 bridgehead atoms. The van der Waals surface area contributed by atoms with E-state index in [0.717, 1.165) is 49.5 Å². The summed E-state index contributed by atoms with van der Waals surface area (Å²) in [6.45, 7) is 11.2. The van der Waals surface area contributed by atoms with Crippen LogP contribution in [0.2, 0.25) is 0 Å². The van der Waals surface area contributed by atoms with Gasteiger partial charge in [0.05, 0.1) is 14.2 Å². The van der Waals surface area contributed by atoms with Crippen molar-refractivity contribution >= 4 is 5.91 Å². The van der Waals surface area contributed by atoms with Gasteiger partial charge in [-0.15, -0.1) is 0 Å². The van der Waals surface area contributed by atoms with E-state index >= 15 is 0 Å². The molecule has 4 rings (SSSR count). The molecule has 1 aromatic carbocycles. The number of likely N-dealkylation sites (tertiary alicyclic amines) is 2. The Kier molecular flexibility index (Phi) is 7.37. The van der Waals surface area contributed by atoms with Crippen LogP contribution in [-0.4, -0.2) is 55.6 Å². The molecule has 1 aromatic rings. The van der Waals surface area contributed by atoms with Gasteiger partial charge in [-0.1, -0.05) is 31.1 Å². The van der Waals surface area contributed by atoms with Crippen molar-refractivity contribution in [2.75, 3.05) is 33.9 Å². The first-order chi connectivity index (χ1) is 15.8. The highest BCUT2D eigenvalue weighted by Crippen LogP contribution is 2.42. The maximum Gasteiger partial charge on any atom is 0.223 e. The molecule has 2 fully saturated rings. The van der Waals surface area contributed by atoms with Gasteiger partial charge in [0, 0.05) is 38.6 Å². The predicted octanol–water partition coefficient (Wildman–Crippen LogP) is 5.43. The van der Waals surface area contributed by atoms with Crippen molar-refractivity contribution in [2.45, 2.75) is 78.3 Å². The Morgan fingerprint density at radius 3 is 2.61 bits per heavy atom. The van der Waals surface area contributed by atoms with Gasteiger partial charge in [-0.2, -0.15) is 0 Å². The molecule has 2 atom stereocenters. The highest BCUT2D eigenvalue weighted by atomic mass is 16.5. The number of carbonyl (C=O) groups is 1. The third kappa shape index (κ3) is 5.24. The number of benzene rings is 1. The fourth-order valence-corrected chi connectivity index (χ4v) is 6.51. The number of ether oxygens (including phenoxy) is 2. The van der Waals surface area contributed by atoms with Crippen molar-refractivity contribution in [3.05, 3.63) is 34.9 Å². The molecule has 0 aromatic heterocycles. The number of hydrogen-bond donors (Lipinski definition) is 0. The van der Waals surface area contributed by atoms with E-state index in [1.807, 2.05) is 12.1 Å². The summed E-state index contributed by atoms with van der Waals surface area (Å²) < 4.78 is 10.8. The largest absolute Gasteiger partial charge is 0.493 e. The highest BCUT2D eigenvalue weighted by molar-refractivity contribution is 5.77. The number of methoxy groups -OCH3 is 2. The molecular weight excluding hydrogens is 412 g/mol. The minimum Gasteiger partial charge on any atom is -0.493 e. The van der Waals surface area contributed by atoms with E-state index in [1.165, 1.54) is 25.7 Å². The Morgan fingerprint density at radius 2 is 1.88 bits per heavy atom. The molecule has 182 valence electrons. The zero-order valence-corrected chi connectivity index (χ0v) is 21.3. The van der Waals surface area contributed by atoms with Crippen LogP contribution in [0.1, 0.15) is 71.3 Å². The monoisotopic (exact) mass is 454 g/mol. The lowest BCUT2D eigenvalue weighted by Crippen LogP contribution is -2.55. The summed E-state index contributed by atoms with van der Waals surface area (Å²) in [6, 6.07) is 6.34. The number of amides is 1. The van der Waals surface area contributed by atoms with Gasteiger partial charge in [-0.05, 0) is 74.5 Å². The molecule has 3 aliphatic rings. The average molecular weight is 455 g/mol. The predicted molar refractivity (Wildman–Crippen MR) is 133 cm³/mol. The number of rotatable bonds is 7. The molecule has 0 unspecified atom stereocenters. The minimum atomic E-state index is 0.296. The van der Waals surface area contributed by atoms with Crippen LogP contribution in [-0.2, 0) is 11.3 Å². The fourth-order valence-electron chi connectivity index (χ4n) is 6.51. The van der Waals surface area contributed by atoms with Gasteiger partial charge in [0.25, 0.3) is 0 Å². The second-order valence-corrected chi connectivity index (χ2v) is 10.9. The fraction of sp³-hybridized carbons (Fsp3) is 0.679. The molecule has 1 amide bonds. The van der Waals surface area contributed by atoms with Crippen molar-refractivity contribution in [1.82, 2.24) is 9.80 Å². The quantitative estimate of drug-likeness (QED) is 0.515. The normalized spacial score (nSPS) is 25.7. The second kappa shape index (κ2) is 10.1. The van der Waals surface area contributed by atoms with Crippen molar-refractivity contribution in [1.29, 1.82) is 0 Å². The molecule has 2 aliphatic heterocycles. The van der Waals surface area contributed by atoms with Crippen LogP contribution in [0.5, 0.6) is 11.5 Å². The first-order valence-electron chi connectivity index (χ1n) is 12.7. The standard InChI is InChI=1S/C28H42N2O3/c1-20-7-6-14-28(2,3)23(20)12-15-29-16-13-24-22(19-29)9-11-27(31)30(24)18-21-8-10-25(32-4)26(17-21)33-5/h8,10,17,22,24H,6-7,9,11-16,18-19H2,1-5H3/t22-,24+/m1/s1. The molecule has 0 spiro atoms. The molecule has 5 nitrogen and oxygen atoms in total. The van der Waals surface area contributed by atoms with Gasteiger partial charge in [0.15, 0.2) is 11.5 Å². The number of allylic oxidation sites excluding steroid dienone is 1. The Bertz CT molecular complexity index is 891. The Labute approximate surface area is 200 Å². The Morgan fingerprint density at radius 1 is 1.09 bits per heavy atom. The molecule has 2 saturated heterocycles. The topological polar surface area (TPSA) is 42.0 Å². The molecule has 0 N–H and O–H groups in total. The zero-order valence-electron chi connectivity index (χ0n) is 21.3. The Hall–Kier alpha value is -2.01. The summed E-state index contributed by atoms with van der Waals surface area (Å²) in [5.74, 6) is 2.32. The minimum absolute atomic E-state index is 0.296. The van der Waals surface area contributed by atoms with E-state index in [0.29, 0.717) is 36.2 Å². The van der Waals surface area contributed by atoms with Crippen molar-refractivity contribution in [2.24, 2.45) is 11.3 Å². The number of nitrogens with zero attached hydrogens (tertiary/aromatic N) is 2. The number of fused-ring (bicyclic) bond motifs is 1. The summed E-state index contributed by atoms with van der Waals surface area (Å²) in [5.41, 5.74) is 4.79. The van der Waals surface area contributed by atoms with E-state index in [4.69, 9.17) is 9.47 Å². The van der Waals surface area contributed by atoms with Gasteiger partial charge >= 0.3 is 0 Å². The molecule has 0 radical (unpaired) electrons. The van der Waals surface area contributed by atoms with Crippen LogP contribution in [0, 0.1) is 11.3 Å². The van der Waals surface area contributed by atoms with Gasteiger partial charge in [0.2, 0.25) is 5.91 Å². The molecule has 5 heteroatoms. The summed E-state index contributed by atoms with van der Waals surface area (Å²) in [6.07, 6.45) is 7.89. The summed E-state index contributed by atoms with van der Waals surface area (Å²) in [7, 11) is 3.31. The van der Waals surface area contributed by atoms with Gasteiger partial charge in [0.1, 0.15) is 0 Å². The smallest absolute Gasteiger partial charge is 0.223 e. The van der Waals surface area contributed by atoms with Crippen LogP contribution < -0.4 is 9.47 Å². The maximum atomic E-state index is 12.9. The second-order valence-electron chi connectivity index (χ2n) is 10.9. The summed E-state index contributed by atoms with van der Waals surface area (Å²) in [4.78, 5) is 17.7. The van der Waals surface area contributed by atoms with Gasteiger partial charge in [-0.3, -0.25) is 4.79 Å². The third-order valence-electron chi connectivity index (χ3n) is 8.39. The van der Waals surface area contributed by atoms with E-state index in [-0.39, 0.29) is 0 Å². The molecule has 1 aliphatic carbocycles. The summed E-state index contributed by atoms with van der Waals surface area (Å²) >= 11 is 0. The first kappa shape index (κ1) is 24.1. The first-order valence-corrected chi connectivity index (χ1v) is 12.7. The molecule has 0 saturated carbocycles.